The fourth-order valence-electron chi connectivity index (χ4n) is 2.99. The molecule has 1 aliphatic rings. The van der Waals surface area contributed by atoms with Crippen LogP contribution in [0.2, 0.25) is 0 Å². The van der Waals surface area contributed by atoms with Crippen LogP contribution in [0.5, 0.6) is 0 Å². The highest BCUT2D eigenvalue weighted by Crippen LogP contribution is 2.16. The molecule has 23 heavy (non-hydrogen) atoms. The van der Waals surface area contributed by atoms with Gasteiger partial charge in [-0.2, -0.15) is 0 Å². The lowest BCUT2D eigenvalue weighted by atomic mass is 10.1. The predicted octanol–water partition coefficient (Wildman–Crippen LogP) is 0.993. The summed E-state index contributed by atoms with van der Waals surface area (Å²) >= 11 is 1.69. The summed E-state index contributed by atoms with van der Waals surface area (Å²) in [6, 6.07) is 4.08. The van der Waals surface area contributed by atoms with Gasteiger partial charge in [0, 0.05) is 57.1 Å². The standard InChI is InChI=1S/C17H29N3O2S/c1-14(11-16-5-4-10-23-16)17(22)19(3)12-15(21)13-20-8-6-18(2)7-9-20/h4-5,10,14-15,21H,6-9,11-13H2,1-3H3. The molecule has 0 saturated carbocycles. The zero-order valence-corrected chi connectivity index (χ0v) is 15.3. The van der Waals surface area contributed by atoms with Crippen molar-refractivity contribution in [1.82, 2.24) is 14.7 Å². The monoisotopic (exact) mass is 339 g/mol. The topological polar surface area (TPSA) is 47.0 Å². The molecule has 0 radical (unpaired) electrons. The van der Waals surface area contributed by atoms with Crippen molar-refractivity contribution in [3.63, 3.8) is 0 Å². The van der Waals surface area contributed by atoms with Gasteiger partial charge in [-0.25, -0.2) is 0 Å². The Morgan fingerprint density at radius 2 is 2.09 bits per heavy atom. The van der Waals surface area contributed by atoms with Gasteiger partial charge in [-0.3, -0.25) is 9.69 Å². The summed E-state index contributed by atoms with van der Waals surface area (Å²) in [7, 11) is 3.91. The van der Waals surface area contributed by atoms with Crippen molar-refractivity contribution in [2.45, 2.75) is 19.4 Å². The summed E-state index contributed by atoms with van der Waals surface area (Å²) in [6.07, 6.45) is 0.288. The third-order valence-electron chi connectivity index (χ3n) is 4.43. The summed E-state index contributed by atoms with van der Waals surface area (Å²) in [5.41, 5.74) is 0. The summed E-state index contributed by atoms with van der Waals surface area (Å²) in [5, 5.41) is 12.3. The molecule has 1 amide bonds. The normalized spacial score (nSPS) is 19.5. The number of carbonyl (C=O) groups excluding carboxylic acids is 1. The van der Waals surface area contributed by atoms with Crippen LogP contribution in [0.1, 0.15) is 11.8 Å². The SMILES string of the molecule is CC(Cc1cccs1)C(=O)N(C)CC(O)CN1CCN(C)CC1. The number of piperazine rings is 1. The molecule has 1 aromatic rings. The lowest BCUT2D eigenvalue weighted by molar-refractivity contribution is -0.135. The van der Waals surface area contributed by atoms with Gasteiger partial charge in [0.25, 0.3) is 0 Å². The quantitative estimate of drug-likeness (QED) is 0.805. The Morgan fingerprint density at radius 1 is 1.39 bits per heavy atom. The smallest absolute Gasteiger partial charge is 0.225 e. The first kappa shape index (κ1) is 18.4. The number of carbonyl (C=O) groups is 1. The van der Waals surface area contributed by atoms with E-state index in [4.69, 9.17) is 0 Å². The van der Waals surface area contributed by atoms with Crippen LogP contribution in [0.25, 0.3) is 0 Å². The third-order valence-corrected chi connectivity index (χ3v) is 5.33. The molecule has 2 heterocycles. The number of likely N-dealkylation sites (N-methyl/N-ethyl adjacent to an activating group) is 2. The van der Waals surface area contributed by atoms with E-state index >= 15 is 0 Å². The Morgan fingerprint density at radius 3 is 2.70 bits per heavy atom. The van der Waals surface area contributed by atoms with Gasteiger partial charge in [0.1, 0.15) is 0 Å². The Labute approximate surface area is 143 Å². The van der Waals surface area contributed by atoms with E-state index in [1.54, 1.807) is 23.3 Å². The molecule has 0 aromatic carbocycles. The molecule has 1 fully saturated rings. The number of nitrogens with zero attached hydrogens (tertiary/aromatic N) is 3. The zero-order chi connectivity index (χ0) is 16.8. The van der Waals surface area contributed by atoms with Crippen molar-refractivity contribution >= 4 is 17.2 Å². The molecule has 1 aliphatic heterocycles. The molecular weight excluding hydrogens is 310 g/mol. The molecule has 5 nitrogen and oxygen atoms in total. The first-order chi connectivity index (χ1) is 11.0. The number of hydrogen-bond donors (Lipinski definition) is 1. The average Bonchev–Trinajstić information content (AvgIpc) is 3.01. The van der Waals surface area contributed by atoms with E-state index in [2.05, 4.69) is 22.9 Å². The number of aliphatic hydroxyl groups is 1. The summed E-state index contributed by atoms with van der Waals surface area (Å²) in [4.78, 5) is 19.9. The molecule has 2 atom stereocenters. The first-order valence-corrected chi connectivity index (χ1v) is 9.20. The predicted molar refractivity (Wildman–Crippen MR) is 94.8 cm³/mol. The van der Waals surface area contributed by atoms with Crippen molar-refractivity contribution in [1.29, 1.82) is 0 Å². The van der Waals surface area contributed by atoms with Gasteiger partial charge in [-0.05, 0) is 24.9 Å². The molecular formula is C17H29N3O2S. The van der Waals surface area contributed by atoms with E-state index in [9.17, 15) is 9.90 Å². The lowest BCUT2D eigenvalue weighted by Crippen LogP contribution is -2.49. The number of thiophene rings is 1. The third kappa shape index (κ3) is 5.88. The van der Waals surface area contributed by atoms with Crippen molar-refractivity contribution in [2.24, 2.45) is 5.92 Å². The van der Waals surface area contributed by atoms with Crippen molar-refractivity contribution in [3.8, 4) is 0 Å². The summed E-state index contributed by atoms with van der Waals surface area (Å²) in [6.45, 7) is 7.06. The minimum Gasteiger partial charge on any atom is -0.390 e. The number of amides is 1. The van der Waals surface area contributed by atoms with Crippen LogP contribution in [0, 0.1) is 5.92 Å². The molecule has 1 saturated heterocycles. The Bertz CT molecular complexity index is 472. The molecule has 0 bridgehead atoms. The zero-order valence-electron chi connectivity index (χ0n) is 14.4. The highest BCUT2D eigenvalue weighted by molar-refractivity contribution is 7.09. The van der Waals surface area contributed by atoms with Gasteiger partial charge in [0.15, 0.2) is 0 Å². The fourth-order valence-corrected chi connectivity index (χ4v) is 3.82. The van der Waals surface area contributed by atoms with E-state index in [0.717, 1.165) is 32.6 Å². The van der Waals surface area contributed by atoms with E-state index in [1.807, 2.05) is 18.4 Å². The Balaban J connectivity index is 1.73. The Hall–Kier alpha value is -0.950. The van der Waals surface area contributed by atoms with E-state index in [-0.39, 0.29) is 11.8 Å². The lowest BCUT2D eigenvalue weighted by Gasteiger charge is -2.34. The molecule has 130 valence electrons. The van der Waals surface area contributed by atoms with Crippen LogP contribution in [0.3, 0.4) is 0 Å². The highest BCUT2D eigenvalue weighted by atomic mass is 32.1. The molecule has 0 aliphatic carbocycles. The van der Waals surface area contributed by atoms with Gasteiger partial charge < -0.3 is 14.9 Å². The van der Waals surface area contributed by atoms with Crippen molar-refractivity contribution in [2.75, 3.05) is 53.4 Å². The fraction of sp³-hybridized carbons (Fsp3) is 0.706. The van der Waals surface area contributed by atoms with Crippen LogP contribution < -0.4 is 0 Å². The highest BCUT2D eigenvalue weighted by Gasteiger charge is 2.22. The number of β-amino-alcohol motifs (C(OH)–C–C–N with tert-alkyl or cyclic N) is 1. The minimum absolute atomic E-state index is 0.0468. The summed E-state index contributed by atoms with van der Waals surface area (Å²) in [5.74, 6) is 0.0605. The largest absolute Gasteiger partial charge is 0.390 e. The number of rotatable bonds is 7. The van der Waals surface area contributed by atoms with Crippen LogP contribution in [0.4, 0.5) is 0 Å². The van der Waals surface area contributed by atoms with E-state index in [0.29, 0.717) is 13.1 Å². The van der Waals surface area contributed by atoms with Crippen LogP contribution in [-0.4, -0.2) is 85.2 Å². The second-order valence-electron chi connectivity index (χ2n) is 6.66. The van der Waals surface area contributed by atoms with Crippen LogP contribution in [0.15, 0.2) is 17.5 Å². The van der Waals surface area contributed by atoms with Gasteiger partial charge in [-0.1, -0.05) is 13.0 Å². The van der Waals surface area contributed by atoms with Crippen molar-refractivity contribution in [3.05, 3.63) is 22.4 Å². The minimum atomic E-state index is -0.485. The molecule has 1 aromatic heterocycles. The van der Waals surface area contributed by atoms with Crippen LogP contribution >= 0.6 is 11.3 Å². The number of hydrogen-bond acceptors (Lipinski definition) is 5. The maximum Gasteiger partial charge on any atom is 0.225 e. The maximum atomic E-state index is 12.4. The maximum absolute atomic E-state index is 12.4. The number of aliphatic hydroxyl groups excluding tert-OH is 1. The van der Waals surface area contributed by atoms with E-state index < -0.39 is 6.10 Å². The molecule has 6 heteroatoms. The van der Waals surface area contributed by atoms with Gasteiger partial charge in [0.05, 0.1) is 6.10 Å². The molecule has 0 spiro atoms. The van der Waals surface area contributed by atoms with Gasteiger partial charge >= 0.3 is 0 Å². The molecule has 2 unspecified atom stereocenters. The van der Waals surface area contributed by atoms with E-state index in [1.165, 1.54) is 4.88 Å². The summed E-state index contributed by atoms with van der Waals surface area (Å²) < 4.78 is 0. The van der Waals surface area contributed by atoms with Gasteiger partial charge in [0.2, 0.25) is 5.91 Å². The van der Waals surface area contributed by atoms with Gasteiger partial charge in [-0.15, -0.1) is 11.3 Å². The van der Waals surface area contributed by atoms with Crippen LogP contribution in [-0.2, 0) is 11.2 Å². The second kappa shape index (κ2) is 8.78. The van der Waals surface area contributed by atoms with Crippen molar-refractivity contribution < 1.29 is 9.90 Å². The first-order valence-electron chi connectivity index (χ1n) is 8.32. The molecule has 2 rings (SSSR count). The Kier molecular flexibility index (Phi) is 7.02. The second-order valence-corrected chi connectivity index (χ2v) is 7.69. The molecule has 1 N–H and O–H groups in total. The average molecular weight is 340 g/mol.